The van der Waals surface area contributed by atoms with Gasteiger partial charge in [-0.25, -0.2) is 9.02 Å². The lowest BCUT2D eigenvalue weighted by molar-refractivity contribution is 0.101. The minimum Gasteiger partial charge on any atom is -0.379 e. The van der Waals surface area contributed by atoms with Gasteiger partial charge in [-0.05, 0) is 28.5 Å². The Hall–Kier alpha value is -2.95. The molecule has 1 heterocycles. The maximum Gasteiger partial charge on any atom is 0.281 e. The molecule has 0 saturated carbocycles. The molecule has 0 aliphatic rings. The molecule has 1 amide bonds. The lowest BCUT2D eigenvalue weighted by atomic mass is 10.2. The third kappa shape index (κ3) is 2.10. The summed E-state index contributed by atoms with van der Waals surface area (Å²) in [5.41, 5.74) is 5.26. The van der Waals surface area contributed by atoms with Crippen LogP contribution in [0, 0.1) is 17.1 Å². The van der Waals surface area contributed by atoms with Crippen LogP contribution < -0.4 is 11.1 Å². The van der Waals surface area contributed by atoms with Gasteiger partial charge in [0, 0.05) is 0 Å². The van der Waals surface area contributed by atoms with Gasteiger partial charge in [-0.15, -0.1) is 0 Å². The van der Waals surface area contributed by atoms with Gasteiger partial charge in [0.1, 0.15) is 11.9 Å². The minimum absolute atomic E-state index is 0.0154. The second-order valence-electron chi connectivity index (χ2n) is 3.25. The molecule has 1 aromatic carbocycles. The van der Waals surface area contributed by atoms with Gasteiger partial charge in [-0.3, -0.25) is 4.79 Å². The first-order chi connectivity index (χ1) is 8.61. The van der Waals surface area contributed by atoms with E-state index in [1.165, 1.54) is 6.07 Å². The van der Waals surface area contributed by atoms with Gasteiger partial charge in [0.2, 0.25) is 11.5 Å². The highest BCUT2D eigenvalue weighted by atomic mass is 19.1. The summed E-state index contributed by atoms with van der Waals surface area (Å²) in [6, 6.07) is 5.13. The summed E-state index contributed by atoms with van der Waals surface area (Å²) in [5.74, 6) is -1.45. The average molecular weight is 247 g/mol. The van der Waals surface area contributed by atoms with E-state index in [2.05, 4.69) is 20.3 Å². The Balaban J connectivity index is 2.28. The largest absolute Gasteiger partial charge is 0.379 e. The van der Waals surface area contributed by atoms with Crippen molar-refractivity contribution in [1.82, 2.24) is 10.3 Å². The predicted molar refractivity (Wildman–Crippen MR) is 57.8 cm³/mol. The Morgan fingerprint density at radius 3 is 2.89 bits per heavy atom. The topological polar surface area (TPSA) is 118 Å². The zero-order valence-corrected chi connectivity index (χ0v) is 8.85. The van der Waals surface area contributed by atoms with E-state index in [1.54, 1.807) is 6.07 Å². The number of hydrogen-bond donors (Lipinski definition) is 2. The molecule has 2 aromatic rings. The molecular formula is C10H6FN5O2. The molecule has 0 saturated heterocycles. The van der Waals surface area contributed by atoms with Gasteiger partial charge < -0.3 is 11.1 Å². The highest BCUT2D eigenvalue weighted by molar-refractivity contribution is 6.06. The fraction of sp³-hybridized carbons (Fsp3) is 0. The third-order valence-electron chi connectivity index (χ3n) is 2.08. The van der Waals surface area contributed by atoms with Crippen molar-refractivity contribution in [2.45, 2.75) is 0 Å². The Labute approximate surface area is 100.0 Å². The van der Waals surface area contributed by atoms with Crippen LogP contribution in [0.25, 0.3) is 0 Å². The molecule has 0 aliphatic carbocycles. The highest BCUT2D eigenvalue weighted by Gasteiger charge is 2.17. The molecule has 0 atom stereocenters. The molecule has 90 valence electrons. The van der Waals surface area contributed by atoms with E-state index in [1.807, 2.05) is 0 Å². The van der Waals surface area contributed by atoms with Crippen LogP contribution >= 0.6 is 0 Å². The van der Waals surface area contributed by atoms with E-state index in [9.17, 15) is 9.18 Å². The fourth-order valence-corrected chi connectivity index (χ4v) is 1.25. The van der Waals surface area contributed by atoms with Crippen molar-refractivity contribution in [1.29, 1.82) is 5.26 Å². The van der Waals surface area contributed by atoms with Crippen LogP contribution in [-0.4, -0.2) is 16.2 Å². The first-order valence-corrected chi connectivity index (χ1v) is 4.71. The van der Waals surface area contributed by atoms with Gasteiger partial charge in [-0.1, -0.05) is 0 Å². The number of nitrogens with zero attached hydrogens (tertiary/aromatic N) is 3. The maximum atomic E-state index is 12.9. The number of benzene rings is 1. The molecule has 2 rings (SSSR count). The van der Waals surface area contributed by atoms with Crippen LogP contribution in [0.15, 0.2) is 22.8 Å². The molecule has 18 heavy (non-hydrogen) atoms. The Kier molecular flexibility index (Phi) is 2.89. The molecular weight excluding hydrogens is 241 g/mol. The van der Waals surface area contributed by atoms with E-state index in [0.717, 1.165) is 12.1 Å². The zero-order valence-electron chi connectivity index (χ0n) is 8.85. The Bertz CT molecular complexity index is 646. The number of carbonyl (C=O) groups excluding carboxylic acids is 1. The van der Waals surface area contributed by atoms with Crippen molar-refractivity contribution in [3.05, 3.63) is 35.3 Å². The first kappa shape index (κ1) is 11.5. The van der Waals surface area contributed by atoms with Crippen LogP contribution in [0.4, 0.5) is 15.9 Å². The second kappa shape index (κ2) is 4.50. The molecule has 0 aliphatic heterocycles. The number of hydrogen-bond acceptors (Lipinski definition) is 6. The number of halogens is 1. The van der Waals surface area contributed by atoms with Crippen LogP contribution in [0.2, 0.25) is 0 Å². The number of nitrogens with two attached hydrogens (primary N) is 1. The summed E-state index contributed by atoms with van der Waals surface area (Å²) in [4.78, 5) is 11.7. The molecule has 8 heteroatoms. The van der Waals surface area contributed by atoms with Gasteiger partial charge >= 0.3 is 0 Å². The number of aromatic nitrogens is 2. The number of amides is 1. The fourth-order valence-electron chi connectivity index (χ4n) is 1.25. The number of anilines is 2. The van der Waals surface area contributed by atoms with Gasteiger partial charge in [0.05, 0.1) is 11.3 Å². The van der Waals surface area contributed by atoms with Gasteiger partial charge in [0.15, 0.2) is 0 Å². The standard InChI is InChI=1S/C10H6FN5O2/c11-6-1-2-7(5(3-6)4-12)14-10(17)8-9(13)16-18-15-8/h1-3H,(H2,13,16)(H,14,17). The summed E-state index contributed by atoms with van der Waals surface area (Å²) >= 11 is 0. The lowest BCUT2D eigenvalue weighted by Gasteiger charge is -2.04. The van der Waals surface area contributed by atoms with Crippen molar-refractivity contribution < 1.29 is 13.8 Å². The molecule has 0 fully saturated rings. The van der Waals surface area contributed by atoms with E-state index in [0.29, 0.717) is 0 Å². The van der Waals surface area contributed by atoms with Crippen LogP contribution in [0.1, 0.15) is 16.1 Å². The molecule has 0 bridgehead atoms. The summed E-state index contributed by atoms with van der Waals surface area (Å²) in [6.07, 6.45) is 0. The van der Waals surface area contributed by atoms with Crippen molar-refractivity contribution in [2.24, 2.45) is 0 Å². The molecule has 7 nitrogen and oxygen atoms in total. The number of rotatable bonds is 2. The molecule has 3 N–H and O–H groups in total. The molecule has 0 spiro atoms. The molecule has 1 aromatic heterocycles. The Morgan fingerprint density at radius 1 is 1.50 bits per heavy atom. The van der Waals surface area contributed by atoms with E-state index in [4.69, 9.17) is 11.0 Å². The zero-order chi connectivity index (χ0) is 13.1. The maximum absolute atomic E-state index is 12.9. The van der Waals surface area contributed by atoms with Crippen LogP contribution in [-0.2, 0) is 0 Å². The normalized spacial score (nSPS) is 9.78. The number of nitriles is 1. The van der Waals surface area contributed by atoms with E-state index >= 15 is 0 Å². The van der Waals surface area contributed by atoms with E-state index < -0.39 is 11.7 Å². The third-order valence-corrected chi connectivity index (χ3v) is 2.08. The van der Waals surface area contributed by atoms with Crippen molar-refractivity contribution in [3.8, 4) is 6.07 Å². The number of carbonyl (C=O) groups is 1. The van der Waals surface area contributed by atoms with E-state index in [-0.39, 0.29) is 22.8 Å². The SMILES string of the molecule is N#Cc1cc(F)ccc1NC(=O)c1nonc1N. The highest BCUT2D eigenvalue weighted by Crippen LogP contribution is 2.17. The summed E-state index contributed by atoms with van der Waals surface area (Å²) in [5, 5.41) is 17.7. The van der Waals surface area contributed by atoms with Crippen LogP contribution in [0.5, 0.6) is 0 Å². The smallest absolute Gasteiger partial charge is 0.281 e. The first-order valence-electron chi connectivity index (χ1n) is 4.71. The quantitative estimate of drug-likeness (QED) is 0.814. The number of nitrogens with one attached hydrogen (secondary N) is 1. The monoisotopic (exact) mass is 247 g/mol. The van der Waals surface area contributed by atoms with Gasteiger partial charge in [0.25, 0.3) is 5.91 Å². The van der Waals surface area contributed by atoms with Crippen molar-refractivity contribution in [3.63, 3.8) is 0 Å². The Morgan fingerprint density at radius 2 is 2.28 bits per heavy atom. The minimum atomic E-state index is -0.697. The van der Waals surface area contributed by atoms with Gasteiger partial charge in [-0.2, -0.15) is 5.26 Å². The van der Waals surface area contributed by atoms with Crippen molar-refractivity contribution in [2.75, 3.05) is 11.1 Å². The van der Waals surface area contributed by atoms with Crippen molar-refractivity contribution >= 4 is 17.4 Å². The summed E-state index contributed by atoms with van der Waals surface area (Å²) < 4.78 is 17.2. The molecule has 0 unspecified atom stereocenters. The summed E-state index contributed by atoms with van der Waals surface area (Å²) in [7, 11) is 0. The average Bonchev–Trinajstić information content (AvgIpc) is 2.77. The predicted octanol–water partition coefficient (Wildman–Crippen LogP) is 0.915. The van der Waals surface area contributed by atoms with Crippen LogP contribution in [0.3, 0.4) is 0 Å². The second-order valence-corrected chi connectivity index (χ2v) is 3.25. The molecule has 0 radical (unpaired) electrons. The number of nitrogen functional groups attached to an aromatic ring is 1. The lowest BCUT2D eigenvalue weighted by Crippen LogP contribution is -2.15. The summed E-state index contributed by atoms with van der Waals surface area (Å²) in [6.45, 7) is 0.